The standard InChI is InChI=1S/C15H22N2O2S/c1-3-13(4-2)12-17-8-9-20(18,19)15-7-5-6-14(10-15)11-16/h5-7,10,13,17H,3-4,8-9,12H2,1-2H3. The molecule has 4 nitrogen and oxygen atoms in total. The Balaban J connectivity index is 2.56. The van der Waals surface area contributed by atoms with E-state index in [0.717, 1.165) is 19.4 Å². The van der Waals surface area contributed by atoms with Crippen molar-refractivity contribution in [1.29, 1.82) is 5.26 Å². The van der Waals surface area contributed by atoms with E-state index in [1.165, 1.54) is 12.1 Å². The number of sulfone groups is 1. The third-order valence-electron chi connectivity index (χ3n) is 3.46. The number of hydrogen-bond acceptors (Lipinski definition) is 4. The normalized spacial score (nSPS) is 11.5. The van der Waals surface area contributed by atoms with Gasteiger partial charge in [0.1, 0.15) is 0 Å². The summed E-state index contributed by atoms with van der Waals surface area (Å²) in [5.74, 6) is 0.654. The van der Waals surface area contributed by atoms with E-state index in [2.05, 4.69) is 19.2 Å². The van der Waals surface area contributed by atoms with Crippen molar-refractivity contribution in [2.75, 3.05) is 18.8 Å². The molecule has 1 aromatic rings. The smallest absolute Gasteiger partial charge is 0.179 e. The second-order valence-corrected chi connectivity index (χ2v) is 6.95. The predicted octanol–water partition coefficient (Wildman–Crippen LogP) is 2.36. The van der Waals surface area contributed by atoms with Crippen LogP contribution >= 0.6 is 0 Å². The SMILES string of the molecule is CCC(CC)CNCCS(=O)(=O)c1cccc(C#N)c1. The second-order valence-electron chi connectivity index (χ2n) is 4.85. The molecule has 0 aliphatic heterocycles. The zero-order valence-electron chi connectivity index (χ0n) is 12.1. The first-order chi connectivity index (χ1) is 9.53. The number of nitrogens with zero attached hydrogens (tertiary/aromatic N) is 1. The highest BCUT2D eigenvalue weighted by molar-refractivity contribution is 7.91. The predicted molar refractivity (Wildman–Crippen MR) is 80.2 cm³/mol. The van der Waals surface area contributed by atoms with Crippen molar-refractivity contribution < 1.29 is 8.42 Å². The molecule has 0 saturated heterocycles. The van der Waals surface area contributed by atoms with Gasteiger partial charge in [0.15, 0.2) is 9.84 Å². The molecule has 0 aliphatic rings. The molecule has 0 radical (unpaired) electrons. The van der Waals surface area contributed by atoms with Gasteiger partial charge in [0.05, 0.1) is 22.3 Å². The lowest BCUT2D eigenvalue weighted by molar-refractivity contribution is 0.456. The molecule has 0 saturated carbocycles. The summed E-state index contributed by atoms with van der Waals surface area (Å²) in [7, 11) is -3.32. The Kier molecular flexibility index (Phi) is 6.69. The highest BCUT2D eigenvalue weighted by Gasteiger charge is 2.14. The molecule has 1 aromatic carbocycles. The summed E-state index contributed by atoms with van der Waals surface area (Å²) in [6.07, 6.45) is 2.20. The summed E-state index contributed by atoms with van der Waals surface area (Å²) in [5, 5.41) is 12.0. The average molecular weight is 294 g/mol. The van der Waals surface area contributed by atoms with Crippen LogP contribution in [0.2, 0.25) is 0 Å². The molecule has 0 aromatic heterocycles. The van der Waals surface area contributed by atoms with Crippen molar-refractivity contribution in [3.05, 3.63) is 29.8 Å². The zero-order valence-corrected chi connectivity index (χ0v) is 12.9. The van der Waals surface area contributed by atoms with Crippen LogP contribution in [0.15, 0.2) is 29.2 Å². The van der Waals surface area contributed by atoms with Gasteiger partial charge in [-0.05, 0) is 30.7 Å². The van der Waals surface area contributed by atoms with E-state index in [0.29, 0.717) is 18.0 Å². The van der Waals surface area contributed by atoms with Gasteiger partial charge in [-0.15, -0.1) is 0 Å². The van der Waals surface area contributed by atoms with Crippen molar-refractivity contribution in [3.63, 3.8) is 0 Å². The molecule has 20 heavy (non-hydrogen) atoms. The largest absolute Gasteiger partial charge is 0.315 e. The van der Waals surface area contributed by atoms with Gasteiger partial charge in [0.2, 0.25) is 0 Å². The van der Waals surface area contributed by atoms with Crippen LogP contribution in [0.3, 0.4) is 0 Å². The highest BCUT2D eigenvalue weighted by Crippen LogP contribution is 2.12. The Morgan fingerprint density at radius 3 is 2.60 bits per heavy atom. The van der Waals surface area contributed by atoms with Crippen LogP contribution in [-0.4, -0.2) is 27.3 Å². The third-order valence-corrected chi connectivity index (χ3v) is 5.17. The first-order valence-electron chi connectivity index (χ1n) is 6.97. The summed E-state index contributed by atoms with van der Waals surface area (Å²) in [6.45, 7) is 5.57. The lowest BCUT2D eigenvalue weighted by atomic mass is 10.0. The second kappa shape index (κ2) is 8.03. The number of nitrogens with one attached hydrogen (secondary N) is 1. The number of rotatable bonds is 8. The van der Waals surface area contributed by atoms with Gasteiger partial charge in [-0.25, -0.2) is 8.42 Å². The molecular weight excluding hydrogens is 272 g/mol. The average Bonchev–Trinajstić information content (AvgIpc) is 2.47. The van der Waals surface area contributed by atoms with E-state index in [1.807, 2.05) is 6.07 Å². The van der Waals surface area contributed by atoms with E-state index in [1.54, 1.807) is 12.1 Å². The Hall–Kier alpha value is -1.38. The van der Waals surface area contributed by atoms with Gasteiger partial charge < -0.3 is 5.32 Å². The highest BCUT2D eigenvalue weighted by atomic mass is 32.2. The summed E-state index contributed by atoms with van der Waals surface area (Å²) in [6, 6.07) is 8.12. The van der Waals surface area contributed by atoms with Crippen LogP contribution < -0.4 is 5.32 Å². The van der Waals surface area contributed by atoms with Crippen LogP contribution in [0.5, 0.6) is 0 Å². The Morgan fingerprint density at radius 1 is 1.30 bits per heavy atom. The Morgan fingerprint density at radius 2 is 2.00 bits per heavy atom. The molecule has 0 heterocycles. The Labute approximate surface area is 121 Å². The van der Waals surface area contributed by atoms with Crippen molar-refractivity contribution in [2.45, 2.75) is 31.6 Å². The lowest BCUT2D eigenvalue weighted by Gasteiger charge is -2.13. The van der Waals surface area contributed by atoms with Crippen LogP contribution in [0.1, 0.15) is 32.3 Å². The van der Waals surface area contributed by atoms with Crippen molar-refractivity contribution in [3.8, 4) is 6.07 Å². The molecule has 0 aliphatic carbocycles. The third kappa shape index (κ3) is 4.95. The van der Waals surface area contributed by atoms with Crippen LogP contribution in [0, 0.1) is 17.2 Å². The molecule has 0 bridgehead atoms. The molecule has 1 N–H and O–H groups in total. The van der Waals surface area contributed by atoms with E-state index < -0.39 is 9.84 Å². The maximum atomic E-state index is 12.1. The quantitative estimate of drug-likeness (QED) is 0.747. The number of benzene rings is 1. The van der Waals surface area contributed by atoms with Gasteiger partial charge >= 0.3 is 0 Å². The minimum Gasteiger partial charge on any atom is -0.315 e. The first-order valence-corrected chi connectivity index (χ1v) is 8.62. The molecule has 0 atom stereocenters. The van der Waals surface area contributed by atoms with Gasteiger partial charge in [0, 0.05) is 6.54 Å². The minimum atomic E-state index is -3.32. The molecule has 110 valence electrons. The molecule has 0 unspecified atom stereocenters. The maximum absolute atomic E-state index is 12.1. The summed E-state index contributed by atoms with van der Waals surface area (Å²) in [5.41, 5.74) is 0.371. The van der Waals surface area contributed by atoms with Crippen LogP contribution in [-0.2, 0) is 9.84 Å². The Bertz CT molecular complexity index is 557. The lowest BCUT2D eigenvalue weighted by Crippen LogP contribution is -2.27. The first kappa shape index (κ1) is 16.7. The van der Waals surface area contributed by atoms with Gasteiger partial charge in [0.25, 0.3) is 0 Å². The summed E-state index contributed by atoms with van der Waals surface area (Å²) in [4.78, 5) is 0.223. The summed E-state index contributed by atoms with van der Waals surface area (Å²) >= 11 is 0. The van der Waals surface area contributed by atoms with Crippen LogP contribution in [0.25, 0.3) is 0 Å². The van der Waals surface area contributed by atoms with Crippen LogP contribution in [0.4, 0.5) is 0 Å². The van der Waals surface area contributed by atoms with Crippen molar-refractivity contribution in [2.24, 2.45) is 5.92 Å². The van der Waals surface area contributed by atoms with Gasteiger partial charge in [-0.2, -0.15) is 5.26 Å². The minimum absolute atomic E-state index is 0.0576. The molecule has 0 fully saturated rings. The van der Waals surface area contributed by atoms with E-state index in [4.69, 9.17) is 5.26 Å². The van der Waals surface area contributed by atoms with Gasteiger partial charge in [-0.1, -0.05) is 32.8 Å². The van der Waals surface area contributed by atoms with E-state index >= 15 is 0 Å². The fourth-order valence-corrected chi connectivity index (χ4v) is 3.21. The summed E-state index contributed by atoms with van der Waals surface area (Å²) < 4.78 is 24.3. The monoisotopic (exact) mass is 294 g/mol. The number of nitriles is 1. The van der Waals surface area contributed by atoms with Crippen molar-refractivity contribution in [1.82, 2.24) is 5.32 Å². The molecule has 5 heteroatoms. The molecule has 0 amide bonds. The molecular formula is C15H22N2O2S. The fraction of sp³-hybridized carbons (Fsp3) is 0.533. The number of hydrogen-bond donors (Lipinski definition) is 1. The van der Waals surface area contributed by atoms with E-state index in [9.17, 15) is 8.42 Å². The fourth-order valence-electron chi connectivity index (χ4n) is 1.97. The van der Waals surface area contributed by atoms with Gasteiger partial charge in [-0.3, -0.25) is 0 Å². The molecule has 1 rings (SSSR count). The van der Waals surface area contributed by atoms with E-state index in [-0.39, 0.29) is 10.6 Å². The topological polar surface area (TPSA) is 70.0 Å². The maximum Gasteiger partial charge on any atom is 0.179 e. The van der Waals surface area contributed by atoms with Crippen molar-refractivity contribution >= 4 is 9.84 Å². The zero-order chi connectivity index (χ0) is 15.0. The molecule has 0 spiro atoms.